The summed E-state index contributed by atoms with van der Waals surface area (Å²) in [4.78, 5) is 13.0. The van der Waals surface area contributed by atoms with Crippen molar-refractivity contribution in [2.75, 3.05) is 13.6 Å². The fourth-order valence-electron chi connectivity index (χ4n) is 2.08. The van der Waals surface area contributed by atoms with Gasteiger partial charge in [0.1, 0.15) is 0 Å². The number of carboxylic acids is 1. The number of nitrogens with one attached hydrogen (secondary N) is 1. The van der Waals surface area contributed by atoms with E-state index in [0.29, 0.717) is 12.6 Å². The van der Waals surface area contributed by atoms with E-state index in [0.717, 1.165) is 0 Å². The lowest BCUT2D eigenvalue weighted by atomic mass is 10.2. The van der Waals surface area contributed by atoms with Crippen LogP contribution in [0.1, 0.15) is 30.1 Å². The third-order valence-corrected chi connectivity index (χ3v) is 5.24. The fraction of sp³-hybridized carbons (Fsp3) is 0.500. The summed E-state index contributed by atoms with van der Waals surface area (Å²) in [5.41, 5.74) is 0.0655. The Bertz CT molecular complexity index is 608. The summed E-state index contributed by atoms with van der Waals surface area (Å²) in [6.45, 7) is 2.31. The molecule has 7 heteroatoms. The molecule has 0 radical (unpaired) electrons. The topological polar surface area (TPSA) is 86.7 Å². The van der Waals surface area contributed by atoms with Gasteiger partial charge in [-0.15, -0.1) is 0 Å². The zero-order valence-electron chi connectivity index (χ0n) is 12.1. The molecule has 1 unspecified atom stereocenters. The van der Waals surface area contributed by atoms with Crippen molar-refractivity contribution in [3.05, 3.63) is 29.8 Å². The lowest BCUT2D eigenvalue weighted by Gasteiger charge is -2.24. The normalized spacial score (nSPS) is 16.9. The SMILES string of the molecule is CC(CNS(=O)(=O)c1ccc(C(=O)O)cc1)N(C)C1CC1. The van der Waals surface area contributed by atoms with Crippen LogP contribution in [0.15, 0.2) is 29.2 Å². The molecule has 1 atom stereocenters. The summed E-state index contributed by atoms with van der Waals surface area (Å²) in [6, 6.07) is 5.88. The van der Waals surface area contributed by atoms with Crippen LogP contribution in [0.5, 0.6) is 0 Å². The molecule has 6 nitrogen and oxygen atoms in total. The van der Waals surface area contributed by atoms with Crippen LogP contribution in [0, 0.1) is 0 Å². The molecule has 1 fully saturated rings. The molecule has 0 aromatic heterocycles. The standard InChI is InChI=1S/C14H20N2O4S/c1-10(16(2)12-5-6-12)9-15-21(19,20)13-7-3-11(4-8-13)14(17)18/h3-4,7-8,10,12,15H,5-6,9H2,1-2H3,(H,17,18). The molecule has 2 rings (SSSR count). The average Bonchev–Trinajstić information content (AvgIpc) is 3.28. The molecule has 1 aromatic carbocycles. The third kappa shape index (κ3) is 4.03. The second-order valence-corrected chi connectivity index (χ2v) is 7.19. The Morgan fingerprint density at radius 3 is 2.43 bits per heavy atom. The summed E-state index contributed by atoms with van der Waals surface area (Å²) in [7, 11) is -1.61. The van der Waals surface area contributed by atoms with E-state index >= 15 is 0 Å². The van der Waals surface area contributed by atoms with Crippen molar-refractivity contribution in [2.45, 2.75) is 36.7 Å². The van der Waals surface area contributed by atoms with Crippen molar-refractivity contribution in [3.63, 3.8) is 0 Å². The highest BCUT2D eigenvalue weighted by molar-refractivity contribution is 7.89. The minimum atomic E-state index is -3.61. The van der Waals surface area contributed by atoms with Crippen molar-refractivity contribution >= 4 is 16.0 Å². The van der Waals surface area contributed by atoms with Crippen LogP contribution in [0.2, 0.25) is 0 Å². The van der Waals surface area contributed by atoms with Gasteiger partial charge in [-0.1, -0.05) is 0 Å². The summed E-state index contributed by atoms with van der Waals surface area (Å²) < 4.78 is 26.9. The Balaban J connectivity index is 1.99. The zero-order valence-corrected chi connectivity index (χ0v) is 12.9. The van der Waals surface area contributed by atoms with Crippen LogP contribution in [0.3, 0.4) is 0 Å². The van der Waals surface area contributed by atoms with E-state index in [1.54, 1.807) is 0 Å². The van der Waals surface area contributed by atoms with Gasteiger partial charge in [0.15, 0.2) is 0 Å². The number of hydrogen-bond acceptors (Lipinski definition) is 4. The monoisotopic (exact) mass is 312 g/mol. The highest BCUT2D eigenvalue weighted by Crippen LogP contribution is 2.26. The molecular weight excluding hydrogens is 292 g/mol. The molecular formula is C14H20N2O4S. The highest BCUT2D eigenvalue weighted by Gasteiger charge is 2.29. The molecule has 0 amide bonds. The van der Waals surface area contributed by atoms with Gasteiger partial charge in [0.25, 0.3) is 0 Å². The largest absolute Gasteiger partial charge is 0.478 e. The molecule has 1 aliphatic rings. The Morgan fingerprint density at radius 1 is 1.38 bits per heavy atom. The van der Waals surface area contributed by atoms with E-state index in [9.17, 15) is 13.2 Å². The van der Waals surface area contributed by atoms with Gasteiger partial charge in [-0.05, 0) is 51.1 Å². The zero-order chi connectivity index (χ0) is 15.6. The minimum Gasteiger partial charge on any atom is -0.478 e. The maximum Gasteiger partial charge on any atom is 0.335 e. The number of carbonyl (C=O) groups is 1. The molecule has 0 heterocycles. The van der Waals surface area contributed by atoms with Crippen LogP contribution in [-0.2, 0) is 10.0 Å². The van der Waals surface area contributed by atoms with E-state index < -0.39 is 16.0 Å². The number of aromatic carboxylic acids is 1. The fourth-order valence-corrected chi connectivity index (χ4v) is 3.20. The Morgan fingerprint density at radius 2 is 1.95 bits per heavy atom. The van der Waals surface area contributed by atoms with E-state index in [4.69, 9.17) is 5.11 Å². The van der Waals surface area contributed by atoms with Gasteiger partial charge >= 0.3 is 5.97 Å². The van der Waals surface area contributed by atoms with Crippen LogP contribution in [0.4, 0.5) is 0 Å². The van der Waals surface area contributed by atoms with Crippen molar-refractivity contribution in [1.29, 1.82) is 0 Å². The number of benzene rings is 1. The predicted molar refractivity (Wildman–Crippen MR) is 78.8 cm³/mol. The molecule has 0 saturated heterocycles. The van der Waals surface area contributed by atoms with E-state index in [1.807, 2.05) is 14.0 Å². The first-order chi connectivity index (χ1) is 9.81. The van der Waals surface area contributed by atoms with Crippen LogP contribution < -0.4 is 4.72 Å². The van der Waals surface area contributed by atoms with E-state index in [-0.39, 0.29) is 16.5 Å². The van der Waals surface area contributed by atoms with Gasteiger partial charge in [-0.3, -0.25) is 4.90 Å². The lowest BCUT2D eigenvalue weighted by molar-refractivity contribution is 0.0696. The summed E-state index contributed by atoms with van der Waals surface area (Å²) in [5, 5.41) is 8.80. The summed E-state index contributed by atoms with van der Waals surface area (Å²) >= 11 is 0. The summed E-state index contributed by atoms with van der Waals surface area (Å²) in [6.07, 6.45) is 2.34. The second kappa shape index (κ2) is 6.13. The van der Waals surface area contributed by atoms with Gasteiger partial charge in [-0.25, -0.2) is 17.9 Å². The molecule has 0 spiro atoms. The van der Waals surface area contributed by atoms with E-state index in [1.165, 1.54) is 37.1 Å². The van der Waals surface area contributed by atoms with Crippen molar-refractivity contribution in [3.8, 4) is 0 Å². The predicted octanol–water partition coefficient (Wildman–Crippen LogP) is 1.15. The number of likely N-dealkylation sites (N-methyl/N-ethyl adjacent to an activating group) is 1. The quantitative estimate of drug-likeness (QED) is 0.788. The van der Waals surface area contributed by atoms with Gasteiger partial charge in [0.2, 0.25) is 10.0 Å². The number of carboxylic acid groups (broad SMARTS) is 1. The smallest absolute Gasteiger partial charge is 0.335 e. The molecule has 1 aromatic rings. The minimum absolute atomic E-state index is 0.0655. The molecule has 0 aliphatic heterocycles. The number of sulfonamides is 1. The average molecular weight is 312 g/mol. The Kier molecular flexibility index (Phi) is 4.65. The van der Waals surface area contributed by atoms with Gasteiger partial charge < -0.3 is 5.11 Å². The molecule has 116 valence electrons. The second-order valence-electron chi connectivity index (χ2n) is 5.43. The first kappa shape index (κ1) is 15.9. The van der Waals surface area contributed by atoms with Crippen LogP contribution in [0.25, 0.3) is 0 Å². The van der Waals surface area contributed by atoms with Crippen molar-refractivity contribution < 1.29 is 18.3 Å². The van der Waals surface area contributed by atoms with E-state index in [2.05, 4.69) is 9.62 Å². The lowest BCUT2D eigenvalue weighted by Crippen LogP contribution is -2.41. The first-order valence-electron chi connectivity index (χ1n) is 6.86. The third-order valence-electron chi connectivity index (χ3n) is 3.80. The number of nitrogens with zero attached hydrogens (tertiary/aromatic N) is 1. The van der Waals surface area contributed by atoms with Crippen molar-refractivity contribution in [2.24, 2.45) is 0 Å². The highest BCUT2D eigenvalue weighted by atomic mass is 32.2. The maximum absolute atomic E-state index is 12.1. The Hall–Kier alpha value is -1.44. The molecule has 1 aliphatic carbocycles. The first-order valence-corrected chi connectivity index (χ1v) is 8.34. The molecule has 1 saturated carbocycles. The van der Waals surface area contributed by atoms with Gasteiger partial charge in [0.05, 0.1) is 10.5 Å². The molecule has 0 bridgehead atoms. The Labute approximate surface area is 124 Å². The number of rotatable bonds is 7. The summed E-state index contributed by atoms with van der Waals surface area (Å²) in [5.74, 6) is -1.08. The van der Waals surface area contributed by atoms with Gasteiger partial charge in [0, 0.05) is 18.6 Å². The van der Waals surface area contributed by atoms with Gasteiger partial charge in [-0.2, -0.15) is 0 Å². The maximum atomic E-state index is 12.1. The van der Waals surface area contributed by atoms with Crippen LogP contribution >= 0.6 is 0 Å². The molecule has 2 N–H and O–H groups in total. The molecule has 21 heavy (non-hydrogen) atoms. The van der Waals surface area contributed by atoms with Crippen LogP contribution in [-0.4, -0.2) is 50.1 Å². The number of hydrogen-bond donors (Lipinski definition) is 2. The van der Waals surface area contributed by atoms with Crippen molar-refractivity contribution in [1.82, 2.24) is 9.62 Å².